The van der Waals surface area contributed by atoms with Gasteiger partial charge >= 0.3 is 5.97 Å². The Hall–Kier alpha value is -3.12. The van der Waals surface area contributed by atoms with E-state index in [9.17, 15) is 9.59 Å². The molecule has 4 rings (SSSR count). The quantitative estimate of drug-likeness (QED) is 0.574. The van der Waals surface area contributed by atoms with Gasteiger partial charge in [-0.25, -0.2) is 9.78 Å². The lowest BCUT2D eigenvalue weighted by atomic mass is 10.2. The van der Waals surface area contributed by atoms with Crippen molar-refractivity contribution in [3.63, 3.8) is 0 Å². The average Bonchev–Trinajstić information content (AvgIpc) is 3.04. The van der Waals surface area contributed by atoms with Crippen LogP contribution in [0.3, 0.4) is 0 Å². The summed E-state index contributed by atoms with van der Waals surface area (Å²) in [7, 11) is 0. The van der Waals surface area contributed by atoms with Crippen LogP contribution < -0.4 is 5.56 Å². The summed E-state index contributed by atoms with van der Waals surface area (Å²) in [5, 5.41) is 1.36. The minimum absolute atomic E-state index is 0.0947. The topological polar surface area (TPSA) is 76.5 Å². The van der Waals surface area contributed by atoms with Crippen LogP contribution in [0.5, 0.6) is 0 Å². The van der Waals surface area contributed by atoms with Gasteiger partial charge in [-0.3, -0.25) is 9.20 Å². The molecule has 4 aromatic rings. The van der Waals surface area contributed by atoms with Crippen LogP contribution in [0, 0.1) is 0 Å². The van der Waals surface area contributed by atoms with Crippen molar-refractivity contribution in [3.05, 3.63) is 81.5 Å². The van der Waals surface area contributed by atoms with Crippen molar-refractivity contribution in [1.82, 2.24) is 14.4 Å². The molecule has 124 valence electrons. The van der Waals surface area contributed by atoms with Gasteiger partial charge in [0.25, 0.3) is 5.56 Å². The van der Waals surface area contributed by atoms with E-state index in [1.165, 1.54) is 16.7 Å². The Balaban J connectivity index is 1.56. The number of rotatable bonds is 3. The fourth-order valence-electron chi connectivity index (χ4n) is 2.60. The van der Waals surface area contributed by atoms with Crippen molar-refractivity contribution in [3.8, 4) is 0 Å². The molecule has 0 spiro atoms. The van der Waals surface area contributed by atoms with Crippen molar-refractivity contribution in [1.29, 1.82) is 0 Å². The monoisotopic (exact) mass is 353 g/mol. The number of benzene rings is 1. The lowest BCUT2D eigenvalue weighted by molar-refractivity contribution is 0.0462. The lowest BCUT2D eigenvalue weighted by Crippen LogP contribution is -2.16. The summed E-state index contributed by atoms with van der Waals surface area (Å²) >= 11 is 5.87. The molecule has 0 aliphatic rings. The first kappa shape index (κ1) is 15.4. The molecule has 0 fully saturated rings. The van der Waals surface area contributed by atoms with Crippen molar-refractivity contribution in [2.75, 3.05) is 0 Å². The van der Waals surface area contributed by atoms with E-state index in [4.69, 9.17) is 16.3 Å². The van der Waals surface area contributed by atoms with Crippen LogP contribution in [-0.2, 0) is 11.3 Å². The highest BCUT2D eigenvalue weighted by Gasteiger charge is 2.12. The number of nitrogens with one attached hydrogen (secondary N) is 1. The van der Waals surface area contributed by atoms with Gasteiger partial charge in [-0.05, 0) is 24.3 Å². The minimum Gasteiger partial charge on any atom is -0.455 e. The number of aromatic nitrogens is 3. The number of para-hydroxylation sites is 1. The van der Waals surface area contributed by atoms with Gasteiger partial charge in [0.1, 0.15) is 17.9 Å². The number of esters is 1. The second kappa shape index (κ2) is 6.07. The van der Waals surface area contributed by atoms with Crippen LogP contribution in [0.4, 0.5) is 0 Å². The number of nitrogens with zero attached hydrogens (tertiary/aromatic N) is 2. The van der Waals surface area contributed by atoms with Gasteiger partial charge in [0.05, 0.1) is 10.7 Å². The number of fused-ring (bicyclic) bond motifs is 2. The second-order valence-electron chi connectivity index (χ2n) is 5.51. The maximum Gasteiger partial charge on any atom is 0.355 e. The van der Waals surface area contributed by atoms with E-state index in [1.807, 2.05) is 24.3 Å². The molecule has 0 unspecified atom stereocenters. The van der Waals surface area contributed by atoms with Gasteiger partial charge in [-0.15, -0.1) is 0 Å². The molecule has 3 heterocycles. The fourth-order valence-corrected chi connectivity index (χ4v) is 2.76. The number of hydrogen-bond donors (Lipinski definition) is 1. The maximum atomic E-state index is 12.2. The zero-order chi connectivity index (χ0) is 17.4. The van der Waals surface area contributed by atoms with Crippen LogP contribution >= 0.6 is 11.6 Å². The Morgan fingerprint density at radius 1 is 1.20 bits per heavy atom. The number of pyridine rings is 1. The molecule has 0 amide bonds. The molecule has 0 atom stereocenters. The van der Waals surface area contributed by atoms with Crippen molar-refractivity contribution < 1.29 is 9.53 Å². The Kier molecular flexibility index (Phi) is 3.74. The van der Waals surface area contributed by atoms with E-state index in [0.717, 1.165) is 10.9 Å². The standard InChI is InChI=1S/C18H12ClN3O3/c19-12-5-6-16-20-13(8-17(23)22(16)9-12)10-25-18(24)15-7-11-3-1-2-4-14(11)21-15/h1-9,21H,10H2. The van der Waals surface area contributed by atoms with Gasteiger partial charge < -0.3 is 9.72 Å². The highest BCUT2D eigenvalue weighted by atomic mass is 35.5. The number of hydrogen-bond acceptors (Lipinski definition) is 4. The maximum absolute atomic E-state index is 12.2. The SMILES string of the molecule is O=C(OCc1cc(=O)n2cc(Cl)ccc2n1)c1cc2ccccc2[nH]1. The third kappa shape index (κ3) is 2.99. The summed E-state index contributed by atoms with van der Waals surface area (Å²) in [6.07, 6.45) is 1.49. The molecule has 0 saturated carbocycles. The van der Waals surface area contributed by atoms with Crippen molar-refractivity contribution in [2.45, 2.75) is 6.61 Å². The zero-order valence-electron chi connectivity index (χ0n) is 12.9. The number of H-pyrrole nitrogens is 1. The predicted molar refractivity (Wildman–Crippen MR) is 93.9 cm³/mol. The number of aromatic amines is 1. The summed E-state index contributed by atoms with van der Waals surface area (Å²) in [5.74, 6) is -0.505. The lowest BCUT2D eigenvalue weighted by Gasteiger charge is -2.05. The van der Waals surface area contributed by atoms with E-state index < -0.39 is 5.97 Å². The van der Waals surface area contributed by atoms with Gasteiger partial charge in [0.2, 0.25) is 0 Å². The molecular weight excluding hydrogens is 342 g/mol. The first-order chi connectivity index (χ1) is 12.1. The number of carbonyl (C=O) groups excluding carboxylic acids is 1. The van der Waals surface area contributed by atoms with Crippen LogP contribution in [0.25, 0.3) is 16.6 Å². The summed E-state index contributed by atoms with van der Waals surface area (Å²) < 4.78 is 6.60. The first-order valence-electron chi connectivity index (χ1n) is 7.53. The second-order valence-corrected chi connectivity index (χ2v) is 5.94. The smallest absolute Gasteiger partial charge is 0.355 e. The highest BCUT2D eigenvalue weighted by Crippen LogP contribution is 2.15. The summed E-state index contributed by atoms with van der Waals surface area (Å²) in [6.45, 7) is -0.0947. The third-order valence-electron chi connectivity index (χ3n) is 3.78. The van der Waals surface area contributed by atoms with E-state index in [0.29, 0.717) is 22.1 Å². The van der Waals surface area contributed by atoms with Crippen molar-refractivity contribution >= 4 is 34.1 Å². The normalized spacial score (nSPS) is 11.1. The van der Waals surface area contributed by atoms with Gasteiger partial charge in [-0.1, -0.05) is 29.8 Å². The summed E-state index contributed by atoms with van der Waals surface area (Å²) in [5.41, 5.74) is 1.73. The molecular formula is C18H12ClN3O3. The highest BCUT2D eigenvalue weighted by molar-refractivity contribution is 6.30. The number of ether oxygens (including phenoxy) is 1. The molecule has 0 aliphatic heterocycles. The number of carbonyl (C=O) groups is 1. The Labute approximate surface area is 146 Å². The molecule has 1 aromatic carbocycles. The molecule has 0 aliphatic carbocycles. The third-order valence-corrected chi connectivity index (χ3v) is 4.00. The zero-order valence-corrected chi connectivity index (χ0v) is 13.7. The molecule has 0 radical (unpaired) electrons. The largest absolute Gasteiger partial charge is 0.455 e. The predicted octanol–water partition coefficient (Wildman–Crippen LogP) is 3.19. The molecule has 0 bridgehead atoms. The van der Waals surface area contributed by atoms with Crippen LogP contribution in [0.15, 0.2) is 59.5 Å². The molecule has 7 heteroatoms. The molecule has 0 saturated heterocycles. The average molecular weight is 354 g/mol. The molecule has 1 N–H and O–H groups in total. The first-order valence-corrected chi connectivity index (χ1v) is 7.91. The van der Waals surface area contributed by atoms with Crippen LogP contribution in [0.2, 0.25) is 5.02 Å². The van der Waals surface area contributed by atoms with E-state index in [1.54, 1.807) is 18.2 Å². The Morgan fingerprint density at radius 3 is 2.88 bits per heavy atom. The van der Waals surface area contributed by atoms with Gasteiger partial charge in [0, 0.05) is 23.2 Å². The van der Waals surface area contributed by atoms with E-state index in [2.05, 4.69) is 9.97 Å². The van der Waals surface area contributed by atoms with Crippen LogP contribution in [0.1, 0.15) is 16.2 Å². The van der Waals surface area contributed by atoms with Crippen molar-refractivity contribution in [2.24, 2.45) is 0 Å². The molecule has 3 aromatic heterocycles. The fraction of sp³-hybridized carbons (Fsp3) is 0.0556. The van der Waals surface area contributed by atoms with Gasteiger partial charge in [0.15, 0.2) is 0 Å². The summed E-state index contributed by atoms with van der Waals surface area (Å²) in [6, 6.07) is 13.9. The van der Waals surface area contributed by atoms with Crippen LogP contribution in [-0.4, -0.2) is 20.3 Å². The van der Waals surface area contributed by atoms with Gasteiger partial charge in [-0.2, -0.15) is 0 Å². The van der Waals surface area contributed by atoms with E-state index in [-0.39, 0.29) is 12.2 Å². The minimum atomic E-state index is -0.505. The Morgan fingerprint density at radius 2 is 2.04 bits per heavy atom. The van der Waals surface area contributed by atoms with E-state index >= 15 is 0 Å². The molecule has 25 heavy (non-hydrogen) atoms. The molecule has 6 nitrogen and oxygen atoms in total. The summed E-state index contributed by atoms with van der Waals surface area (Å²) in [4.78, 5) is 31.6. The Bertz CT molecular complexity index is 1130. The number of halogens is 1.